The number of amides is 2. The zero-order valence-corrected chi connectivity index (χ0v) is 35.8. The van der Waals surface area contributed by atoms with E-state index < -0.39 is 26.6 Å². The summed E-state index contributed by atoms with van der Waals surface area (Å²) in [5.41, 5.74) is 0. The average molecular weight is 805 g/mol. The van der Waals surface area contributed by atoms with Gasteiger partial charge in [-0.3, -0.25) is 28.2 Å². The number of nitrogens with zero attached hydrogens (tertiary/aromatic N) is 2. The van der Waals surface area contributed by atoms with Gasteiger partial charge in [-0.05, 0) is 38.6 Å². The van der Waals surface area contributed by atoms with Crippen molar-refractivity contribution in [3.63, 3.8) is 0 Å². The van der Waals surface area contributed by atoms with Crippen molar-refractivity contribution < 1.29 is 47.2 Å². The third kappa shape index (κ3) is 39.5. The standard InChI is InChI=1S/C33H63N4O8P.C7H14O2/c1-5-8-10-12-16-22-35-24-20-32(39)37(26-18-14-11-9-6-2)27-21-31(38)36-23-17-13-15-19-28-43-46(41,44-29-25-34-4)45-30-42-33(40)7-3;1-2-3-4-5-6-7(8)9/h35H,5-30H2,1-3H3,(H,36,38);2-6H2,1H3,(H,8,9). The molecular formula is C40H77N4O10P. The first-order chi connectivity index (χ1) is 26.6. The Labute approximate surface area is 333 Å². The Bertz CT molecular complexity index is 1040. The fraction of sp³-hybridized carbons (Fsp3) is 0.875. The number of nitrogens with one attached hydrogen (secondary N) is 2. The van der Waals surface area contributed by atoms with Crippen molar-refractivity contribution in [2.24, 2.45) is 0 Å². The second-order valence-corrected chi connectivity index (χ2v) is 15.2. The Hall–Kier alpha value is -2.56. The third-order valence-corrected chi connectivity index (χ3v) is 9.94. The fourth-order valence-electron chi connectivity index (χ4n) is 5.18. The molecule has 15 heteroatoms. The SMILES string of the molecule is CCCCCCC(=O)O.[C-]#[N+]CCOP(=O)(OCCCCCCNC(=O)CCN(CCCCCCC)C(=O)CCNCCCCCCC)OCOC(=O)CC. The lowest BCUT2D eigenvalue weighted by Gasteiger charge is -2.23. The number of hydrogen-bond donors (Lipinski definition) is 3. The normalized spacial score (nSPS) is 11.8. The number of ether oxygens (including phenoxy) is 1. The maximum Gasteiger partial charge on any atom is 0.477 e. The highest BCUT2D eigenvalue weighted by molar-refractivity contribution is 7.48. The van der Waals surface area contributed by atoms with Crippen molar-refractivity contribution >= 4 is 31.6 Å². The van der Waals surface area contributed by atoms with E-state index >= 15 is 0 Å². The molecule has 14 nitrogen and oxygen atoms in total. The van der Waals surface area contributed by atoms with E-state index in [-0.39, 0.29) is 44.4 Å². The van der Waals surface area contributed by atoms with Crippen molar-refractivity contribution in [3.05, 3.63) is 11.4 Å². The van der Waals surface area contributed by atoms with Gasteiger partial charge in [0.2, 0.25) is 25.2 Å². The highest BCUT2D eigenvalue weighted by Crippen LogP contribution is 2.49. The average Bonchev–Trinajstić information content (AvgIpc) is 3.16. The molecule has 0 saturated carbocycles. The second-order valence-electron chi connectivity index (χ2n) is 13.5. The van der Waals surface area contributed by atoms with Gasteiger partial charge in [0.1, 0.15) is 6.61 Å². The molecule has 0 aromatic rings. The van der Waals surface area contributed by atoms with Gasteiger partial charge >= 0.3 is 19.8 Å². The van der Waals surface area contributed by atoms with Crippen molar-refractivity contribution in [2.45, 2.75) is 169 Å². The maximum atomic E-state index is 12.9. The Kier molecular flexibility index (Phi) is 40.7. The van der Waals surface area contributed by atoms with Gasteiger partial charge in [0.05, 0.1) is 6.61 Å². The van der Waals surface area contributed by atoms with E-state index in [0.717, 1.165) is 64.3 Å². The molecule has 2 amide bonds. The van der Waals surface area contributed by atoms with Crippen molar-refractivity contribution in [2.75, 3.05) is 59.3 Å². The number of esters is 1. The topological polar surface area (TPSA) is 174 Å². The first-order valence-corrected chi connectivity index (χ1v) is 22.5. The Morgan fingerprint density at radius 2 is 1.24 bits per heavy atom. The molecule has 0 aromatic heterocycles. The van der Waals surface area contributed by atoms with Gasteiger partial charge < -0.3 is 30.2 Å². The van der Waals surface area contributed by atoms with Gasteiger partial charge in [-0.15, -0.1) is 0 Å². The summed E-state index contributed by atoms with van der Waals surface area (Å²) in [7, 11) is -3.95. The molecule has 1 atom stereocenters. The van der Waals surface area contributed by atoms with Gasteiger partial charge in [-0.25, -0.2) is 15.7 Å². The number of phosphoric ester groups is 1. The molecule has 0 aliphatic rings. The molecule has 0 saturated heterocycles. The summed E-state index contributed by atoms with van der Waals surface area (Å²) in [5.74, 6) is -1.13. The molecule has 0 aromatic carbocycles. The molecule has 0 heterocycles. The van der Waals surface area contributed by atoms with Crippen LogP contribution in [-0.4, -0.2) is 93.0 Å². The summed E-state index contributed by atoms with van der Waals surface area (Å²) in [4.78, 5) is 51.7. The summed E-state index contributed by atoms with van der Waals surface area (Å²) in [6.07, 6.45) is 20.2. The molecule has 0 spiro atoms. The van der Waals surface area contributed by atoms with E-state index in [9.17, 15) is 23.7 Å². The predicted octanol–water partition coefficient (Wildman–Crippen LogP) is 8.83. The molecule has 0 fully saturated rings. The van der Waals surface area contributed by atoms with Gasteiger partial charge in [0.15, 0.2) is 0 Å². The van der Waals surface area contributed by atoms with Crippen LogP contribution in [0.3, 0.4) is 0 Å². The summed E-state index contributed by atoms with van der Waals surface area (Å²) in [6.45, 7) is 17.7. The summed E-state index contributed by atoms with van der Waals surface area (Å²) in [5, 5.41) is 14.6. The molecule has 0 bridgehead atoms. The third-order valence-electron chi connectivity index (χ3n) is 8.52. The molecule has 3 N–H and O–H groups in total. The molecule has 0 radical (unpaired) electrons. The number of carboxylic acid groups (broad SMARTS) is 1. The van der Waals surface area contributed by atoms with Crippen molar-refractivity contribution in [1.29, 1.82) is 0 Å². The van der Waals surface area contributed by atoms with E-state index in [2.05, 4.69) is 36.2 Å². The molecule has 1 unspecified atom stereocenters. The van der Waals surface area contributed by atoms with Gasteiger partial charge in [0.25, 0.3) is 0 Å². The Morgan fingerprint density at radius 1 is 0.655 bits per heavy atom. The largest absolute Gasteiger partial charge is 0.481 e. The lowest BCUT2D eigenvalue weighted by atomic mass is 10.1. The number of carboxylic acids is 1. The number of carbonyl (C=O) groups is 4. The van der Waals surface area contributed by atoms with E-state index in [4.69, 9.17) is 30.0 Å². The van der Waals surface area contributed by atoms with Crippen LogP contribution in [0.5, 0.6) is 0 Å². The number of hydrogen-bond acceptors (Lipinski definition) is 10. The maximum absolute atomic E-state index is 12.9. The van der Waals surface area contributed by atoms with E-state index in [1.54, 1.807) is 6.92 Å². The highest BCUT2D eigenvalue weighted by Gasteiger charge is 2.27. The van der Waals surface area contributed by atoms with Crippen LogP contribution in [0, 0.1) is 6.57 Å². The molecular weight excluding hydrogens is 727 g/mol. The minimum atomic E-state index is -3.95. The van der Waals surface area contributed by atoms with Crippen molar-refractivity contribution in [3.8, 4) is 0 Å². The summed E-state index contributed by atoms with van der Waals surface area (Å²) < 4.78 is 33.0. The molecule has 0 aliphatic carbocycles. The van der Waals surface area contributed by atoms with E-state index in [1.165, 1.54) is 51.4 Å². The van der Waals surface area contributed by atoms with E-state index in [1.807, 2.05) is 4.90 Å². The smallest absolute Gasteiger partial charge is 0.477 e. The Morgan fingerprint density at radius 3 is 1.85 bits per heavy atom. The van der Waals surface area contributed by atoms with Crippen LogP contribution in [-0.2, 0) is 42.1 Å². The number of carbonyl (C=O) groups excluding carboxylic acids is 3. The molecule has 0 rings (SSSR count). The number of rotatable bonds is 38. The summed E-state index contributed by atoms with van der Waals surface area (Å²) in [6, 6.07) is 0. The van der Waals surface area contributed by atoms with Gasteiger partial charge in [0, 0.05) is 51.9 Å². The second kappa shape index (κ2) is 41.1. The zero-order chi connectivity index (χ0) is 41.3. The first-order valence-electron chi connectivity index (χ1n) is 21.1. The van der Waals surface area contributed by atoms with Crippen LogP contribution in [0.2, 0.25) is 0 Å². The minimum Gasteiger partial charge on any atom is -0.481 e. The van der Waals surface area contributed by atoms with Gasteiger partial charge in [-0.2, -0.15) is 0 Å². The monoisotopic (exact) mass is 805 g/mol. The fourth-order valence-corrected chi connectivity index (χ4v) is 6.24. The first kappa shape index (κ1) is 54.5. The van der Waals surface area contributed by atoms with Crippen LogP contribution < -0.4 is 10.6 Å². The number of phosphoric acid groups is 1. The van der Waals surface area contributed by atoms with Crippen LogP contribution in [0.25, 0.3) is 4.85 Å². The molecule has 55 heavy (non-hydrogen) atoms. The molecule has 0 aliphatic heterocycles. The lowest BCUT2D eigenvalue weighted by molar-refractivity contribution is -0.151. The van der Waals surface area contributed by atoms with Crippen LogP contribution in [0.4, 0.5) is 0 Å². The van der Waals surface area contributed by atoms with Crippen LogP contribution >= 0.6 is 7.82 Å². The van der Waals surface area contributed by atoms with Crippen molar-refractivity contribution in [1.82, 2.24) is 15.5 Å². The van der Waals surface area contributed by atoms with Crippen LogP contribution in [0.1, 0.15) is 169 Å². The predicted molar refractivity (Wildman–Crippen MR) is 217 cm³/mol. The summed E-state index contributed by atoms with van der Waals surface area (Å²) >= 11 is 0. The lowest BCUT2D eigenvalue weighted by Crippen LogP contribution is -2.37. The van der Waals surface area contributed by atoms with Gasteiger partial charge in [-0.1, -0.05) is 111 Å². The highest BCUT2D eigenvalue weighted by atomic mass is 31.2. The van der Waals surface area contributed by atoms with Crippen LogP contribution in [0.15, 0.2) is 0 Å². The minimum absolute atomic E-state index is 0.00134. The number of aliphatic carboxylic acids is 1. The zero-order valence-electron chi connectivity index (χ0n) is 34.9. The van der Waals surface area contributed by atoms with E-state index in [0.29, 0.717) is 45.4 Å². The Balaban J connectivity index is 0. The quantitative estimate of drug-likeness (QED) is 0.0179. The molecule has 322 valence electrons. The number of unbranched alkanes of at least 4 members (excludes halogenated alkanes) is 14.